The van der Waals surface area contributed by atoms with Crippen molar-refractivity contribution in [2.75, 3.05) is 19.8 Å². The van der Waals surface area contributed by atoms with E-state index in [2.05, 4.69) is 14.3 Å². The Morgan fingerprint density at radius 2 is 1.56 bits per heavy atom. The molecule has 5 rings (SSSR count). The Morgan fingerprint density at radius 1 is 0.945 bits per heavy atom. The molecule has 306 valence electrons. The van der Waals surface area contributed by atoms with E-state index < -0.39 is 81.5 Å². The van der Waals surface area contributed by atoms with Gasteiger partial charge in [-0.15, -0.1) is 13.2 Å². The van der Waals surface area contributed by atoms with E-state index in [4.69, 9.17) is 23.7 Å². The molecule has 0 bridgehead atoms. The lowest BCUT2D eigenvalue weighted by Crippen LogP contribution is -2.53. The number of hydrogen-bond acceptors (Lipinski definition) is 12. The Bertz CT molecular complexity index is 1770. The van der Waals surface area contributed by atoms with Gasteiger partial charge in [0.05, 0.1) is 31.3 Å². The molecule has 3 fully saturated rings. The summed E-state index contributed by atoms with van der Waals surface area (Å²) < 4.78 is 137. The Morgan fingerprint density at radius 3 is 2.16 bits per heavy atom. The Hall–Kier alpha value is -4.05. The van der Waals surface area contributed by atoms with E-state index in [1.807, 2.05) is 0 Å². The lowest BCUT2D eigenvalue weighted by Gasteiger charge is -2.35. The molecule has 0 radical (unpaired) electrons. The number of hydrazine groups is 1. The van der Waals surface area contributed by atoms with Gasteiger partial charge in [-0.1, -0.05) is 24.3 Å². The molecular weight excluding hydrogens is 772 g/mol. The molecule has 3 saturated heterocycles. The van der Waals surface area contributed by atoms with Gasteiger partial charge in [-0.3, -0.25) is 10.3 Å². The number of benzene rings is 2. The zero-order valence-corrected chi connectivity index (χ0v) is 31.1. The fraction of sp³-hybridized carbons (Fsp3) is 0.588. The smallest absolute Gasteiger partial charge is 0.444 e. The van der Waals surface area contributed by atoms with Crippen LogP contribution >= 0.6 is 0 Å². The number of carbonyl (C=O) groups is 2. The summed E-state index contributed by atoms with van der Waals surface area (Å²) in [6.07, 6.45) is -8.02. The number of rotatable bonds is 11. The van der Waals surface area contributed by atoms with Crippen molar-refractivity contribution in [2.24, 2.45) is 5.92 Å². The number of fused-ring (bicyclic) bond motifs is 1. The highest BCUT2D eigenvalue weighted by Gasteiger charge is 2.52. The van der Waals surface area contributed by atoms with E-state index in [-0.39, 0.29) is 32.0 Å². The average Bonchev–Trinajstić information content (AvgIpc) is 3.71. The molecule has 0 saturated carbocycles. The van der Waals surface area contributed by atoms with Crippen LogP contribution in [0.1, 0.15) is 52.2 Å². The van der Waals surface area contributed by atoms with E-state index in [0.717, 1.165) is 24.3 Å². The van der Waals surface area contributed by atoms with E-state index in [0.29, 0.717) is 24.2 Å². The molecular formula is C34H41F6N3O11S. The number of hydrogen-bond donors (Lipinski definition) is 1. The minimum absolute atomic E-state index is 0.0100. The highest BCUT2D eigenvalue weighted by atomic mass is 32.2. The van der Waals surface area contributed by atoms with Crippen molar-refractivity contribution in [3.63, 3.8) is 0 Å². The zero-order chi connectivity index (χ0) is 40.6. The number of nitrogens with zero attached hydrogens (tertiary/aromatic N) is 2. The third-order valence-electron chi connectivity index (χ3n) is 8.65. The van der Waals surface area contributed by atoms with Crippen molar-refractivity contribution in [3.8, 4) is 11.5 Å². The third kappa shape index (κ3) is 11.0. The second-order valence-corrected chi connectivity index (χ2v) is 16.0. The molecule has 3 aliphatic rings. The average molecular weight is 814 g/mol. The summed E-state index contributed by atoms with van der Waals surface area (Å²) in [6, 6.07) is 8.73. The van der Waals surface area contributed by atoms with Crippen molar-refractivity contribution in [1.29, 1.82) is 0 Å². The quantitative estimate of drug-likeness (QED) is 0.123. The maximum absolute atomic E-state index is 13.7. The summed E-state index contributed by atoms with van der Waals surface area (Å²) in [6.45, 7) is 8.47. The standard InChI is InChI=1S/C34H41F6N3O11S/c1-31(2,3)53-30(45)43-25(16-20-6-12-23(13-7-20)54-55(46,47)34(38,39)40)26(52-32(43,4)5)18-42(17-21-8-10-22(11-9-21)51-33(35,36)37)41-29(44)50-27-19-49-28-24(27)14-15-48-28/h6-13,24-28H,14-19H2,1-5H3,(H,41,44)/t24-,25-,26-,27-,28+/m0/s1. The second-order valence-electron chi connectivity index (χ2n) is 14.5. The van der Waals surface area contributed by atoms with Crippen LogP contribution in [0.25, 0.3) is 0 Å². The molecule has 3 aliphatic heterocycles. The first-order valence-corrected chi connectivity index (χ1v) is 18.4. The maximum atomic E-state index is 13.7. The maximum Gasteiger partial charge on any atom is 0.573 e. The van der Waals surface area contributed by atoms with Gasteiger partial charge in [0.15, 0.2) is 6.29 Å². The van der Waals surface area contributed by atoms with Gasteiger partial charge in [-0.25, -0.2) is 14.6 Å². The fourth-order valence-corrected chi connectivity index (χ4v) is 6.90. The van der Waals surface area contributed by atoms with Crippen LogP contribution in [-0.2, 0) is 46.8 Å². The number of ether oxygens (including phenoxy) is 6. The molecule has 2 amide bonds. The van der Waals surface area contributed by atoms with Crippen LogP contribution in [0.4, 0.5) is 35.9 Å². The third-order valence-corrected chi connectivity index (χ3v) is 9.63. The van der Waals surface area contributed by atoms with Crippen LogP contribution in [0.2, 0.25) is 0 Å². The summed E-state index contributed by atoms with van der Waals surface area (Å²) >= 11 is 0. The highest BCUT2D eigenvalue weighted by molar-refractivity contribution is 7.88. The van der Waals surface area contributed by atoms with Crippen molar-refractivity contribution in [2.45, 2.75) is 102 Å². The summed E-state index contributed by atoms with van der Waals surface area (Å²) in [5, 5.41) is 1.39. The lowest BCUT2D eigenvalue weighted by atomic mass is 9.99. The Balaban J connectivity index is 1.42. The van der Waals surface area contributed by atoms with E-state index in [1.54, 1.807) is 34.6 Å². The molecule has 1 N–H and O–H groups in total. The first kappa shape index (κ1) is 42.1. The topological polar surface area (TPSA) is 151 Å². The number of alkyl halides is 6. The predicted molar refractivity (Wildman–Crippen MR) is 177 cm³/mol. The van der Waals surface area contributed by atoms with E-state index in [9.17, 15) is 44.3 Å². The van der Waals surface area contributed by atoms with Crippen molar-refractivity contribution >= 4 is 22.3 Å². The lowest BCUT2D eigenvalue weighted by molar-refractivity contribution is -0.274. The molecule has 5 atom stereocenters. The molecule has 0 aliphatic carbocycles. The van der Waals surface area contributed by atoms with Crippen LogP contribution in [0, 0.1) is 5.92 Å². The number of nitrogens with one attached hydrogen (secondary N) is 1. The molecule has 14 nitrogen and oxygen atoms in total. The molecule has 0 unspecified atom stereocenters. The van der Waals surface area contributed by atoms with Crippen LogP contribution in [0.3, 0.4) is 0 Å². The van der Waals surface area contributed by atoms with Crippen LogP contribution in [-0.4, -0.2) is 98.0 Å². The van der Waals surface area contributed by atoms with Gasteiger partial charge in [-0.05, 0) is 82.9 Å². The minimum Gasteiger partial charge on any atom is -0.444 e. The van der Waals surface area contributed by atoms with Gasteiger partial charge in [0.25, 0.3) is 0 Å². The van der Waals surface area contributed by atoms with Gasteiger partial charge in [0.2, 0.25) is 0 Å². The zero-order valence-electron chi connectivity index (χ0n) is 30.3. The normalized spacial score (nSPS) is 24.1. The van der Waals surface area contributed by atoms with Crippen LogP contribution in [0.5, 0.6) is 11.5 Å². The highest BCUT2D eigenvalue weighted by Crippen LogP contribution is 2.37. The predicted octanol–water partition coefficient (Wildman–Crippen LogP) is 6.00. The monoisotopic (exact) mass is 813 g/mol. The summed E-state index contributed by atoms with van der Waals surface area (Å²) in [5.74, 6) is -1.25. The number of halogens is 6. The molecule has 2 aromatic rings. The first-order valence-electron chi connectivity index (χ1n) is 17.0. The molecule has 3 heterocycles. The largest absolute Gasteiger partial charge is 0.573 e. The number of amides is 2. The fourth-order valence-electron chi connectivity index (χ4n) is 6.44. The van der Waals surface area contributed by atoms with Crippen LogP contribution < -0.4 is 14.3 Å². The van der Waals surface area contributed by atoms with Crippen molar-refractivity contribution < 1.29 is 77.0 Å². The number of carbonyl (C=O) groups excluding carboxylic acids is 2. The van der Waals surface area contributed by atoms with Gasteiger partial charge in [-0.2, -0.15) is 21.6 Å². The van der Waals surface area contributed by atoms with Crippen LogP contribution in [0.15, 0.2) is 48.5 Å². The van der Waals surface area contributed by atoms with Gasteiger partial charge < -0.3 is 32.6 Å². The van der Waals surface area contributed by atoms with Crippen molar-refractivity contribution in [3.05, 3.63) is 59.7 Å². The minimum atomic E-state index is -5.93. The van der Waals surface area contributed by atoms with E-state index in [1.165, 1.54) is 34.2 Å². The molecule has 0 aromatic heterocycles. The summed E-state index contributed by atoms with van der Waals surface area (Å²) in [7, 11) is -5.93. The molecule has 2 aromatic carbocycles. The van der Waals surface area contributed by atoms with Gasteiger partial charge >= 0.3 is 34.2 Å². The van der Waals surface area contributed by atoms with Gasteiger partial charge in [0, 0.05) is 13.1 Å². The summed E-state index contributed by atoms with van der Waals surface area (Å²) in [5.41, 5.74) is -4.39. The molecule has 0 spiro atoms. The first-order chi connectivity index (χ1) is 25.4. The van der Waals surface area contributed by atoms with Gasteiger partial charge in [0.1, 0.15) is 28.9 Å². The second kappa shape index (κ2) is 15.8. The Labute approximate surface area is 312 Å². The molecule has 55 heavy (non-hydrogen) atoms. The van der Waals surface area contributed by atoms with E-state index >= 15 is 0 Å². The molecule has 21 heteroatoms. The Kier molecular flexibility index (Phi) is 12.1. The van der Waals surface area contributed by atoms with Crippen molar-refractivity contribution in [1.82, 2.24) is 15.3 Å². The summed E-state index contributed by atoms with van der Waals surface area (Å²) in [4.78, 5) is 28.4. The SMILES string of the molecule is CC(C)(C)OC(=O)N1[C@@H](Cc2ccc(OS(=O)(=O)C(F)(F)F)cc2)[C@H](CN(Cc2ccc(OC(F)(F)F)cc2)NC(=O)O[C@H]2CO[C@H]3OCC[C@H]32)OC1(C)C.